The molecule has 1 atom stereocenters. The van der Waals surface area contributed by atoms with Crippen LogP contribution in [0.5, 0.6) is 5.75 Å². The van der Waals surface area contributed by atoms with Crippen LogP contribution in [0.1, 0.15) is 105 Å². The Bertz CT molecular complexity index is 1370. The van der Waals surface area contributed by atoms with E-state index in [4.69, 9.17) is 14.2 Å². The first-order chi connectivity index (χ1) is 21.2. The quantitative estimate of drug-likeness (QED) is 0.130. The number of ether oxygens (including phenoxy) is 3. The van der Waals surface area contributed by atoms with E-state index in [0.717, 1.165) is 56.5 Å². The molecule has 236 valence electrons. The molecule has 3 aromatic rings. The van der Waals surface area contributed by atoms with Crippen molar-refractivity contribution < 1.29 is 23.8 Å². The molecular weight excluding hydrogens is 550 g/mol. The summed E-state index contributed by atoms with van der Waals surface area (Å²) in [5, 5.41) is 0. The topological polar surface area (TPSA) is 65.1 Å². The second-order valence-corrected chi connectivity index (χ2v) is 12.6. The minimum absolute atomic E-state index is 0.125. The van der Waals surface area contributed by atoms with Gasteiger partial charge in [-0.2, -0.15) is 0 Å². The summed E-state index contributed by atoms with van der Waals surface area (Å²) in [6.07, 6.45) is 4.93. The van der Waals surface area contributed by atoms with E-state index >= 15 is 0 Å². The van der Waals surface area contributed by atoms with E-state index in [-0.39, 0.29) is 23.4 Å². The molecule has 0 amide bonds. The highest BCUT2D eigenvalue weighted by Crippen LogP contribution is 2.37. The average Bonchev–Trinajstić information content (AvgIpc) is 3.43. The second-order valence-electron chi connectivity index (χ2n) is 12.6. The summed E-state index contributed by atoms with van der Waals surface area (Å²) in [5.74, 6) is 0.521. The van der Waals surface area contributed by atoms with Crippen molar-refractivity contribution in [3.8, 4) is 5.75 Å². The number of rotatable bonds is 15. The van der Waals surface area contributed by atoms with Gasteiger partial charge in [0, 0.05) is 19.0 Å². The molecule has 0 aliphatic heterocycles. The molecule has 1 aliphatic rings. The summed E-state index contributed by atoms with van der Waals surface area (Å²) in [5.41, 5.74) is 6.90. The molecule has 0 aromatic heterocycles. The van der Waals surface area contributed by atoms with Gasteiger partial charge in [0.25, 0.3) is 0 Å². The van der Waals surface area contributed by atoms with Gasteiger partial charge in [0.1, 0.15) is 12.4 Å². The van der Waals surface area contributed by atoms with Crippen molar-refractivity contribution >= 4 is 11.9 Å². The van der Waals surface area contributed by atoms with Gasteiger partial charge in [-0.1, -0.05) is 69.3 Å². The summed E-state index contributed by atoms with van der Waals surface area (Å²) in [4.78, 5) is 26.8. The van der Waals surface area contributed by atoms with Crippen molar-refractivity contribution in [2.24, 2.45) is 0 Å². The molecule has 4 rings (SSSR count). The van der Waals surface area contributed by atoms with Crippen molar-refractivity contribution in [3.63, 3.8) is 0 Å². The molecule has 6 nitrogen and oxygen atoms in total. The highest BCUT2D eigenvalue weighted by molar-refractivity contribution is 5.89. The van der Waals surface area contributed by atoms with Gasteiger partial charge < -0.3 is 14.2 Å². The minimum atomic E-state index is -0.267. The Morgan fingerprint density at radius 2 is 1.64 bits per heavy atom. The van der Waals surface area contributed by atoms with Crippen LogP contribution in [0.15, 0.2) is 66.7 Å². The molecule has 0 N–H and O–H groups in total. The van der Waals surface area contributed by atoms with E-state index in [1.807, 2.05) is 32.0 Å². The lowest BCUT2D eigenvalue weighted by molar-refractivity contribution is -0.143. The molecule has 0 heterocycles. The third-order valence-corrected chi connectivity index (χ3v) is 8.38. The standard InChI is InChI=1S/C38H49NO5/c1-6-42-36(40)14-10-11-24-39(34-22-18-30-26-31(17-21-33(30)34)37(41)43-7-2)25-23-29-12-8-9-13-35(29)44-27-28-15-19-32(20-16-28)38(3,4)5/h8-9,12-13,15-17,19-21,26,34H,6-7,10-11,14,18,22-25,27H2,1-5H3. The highest BCUT2D eigenvalue weighted by Gasteiger charge is 2.29. The van der Waals surface area contributed by atoms with Gasteiger partial charge >= 0.3 is 11.9 Å². The summed E-state index contributed by atoms with van der Waals surface area (Å²) < 4.78 is 16.7. The van der Waals surface area contributed by atoms with Crippen LogP contribution in [0.25, 0.3) is 0 Å². The molecule has 0 saturated carbocycles. The Kier molecular flexibility index (Phi) is 12.0. The Balaban J connectivity index is 1.45. The molecule has 0 radical (unpaired) electrons. The van der Waals surface area contributed by atoms with Crippen molar-refractivity contribution in [3.05, 3.63) is 100 Å². The third-order valence-electron chi connectivity index (χ3n) is 8.38. The fourth-order valence-electron chi connectivity index (χ4n) is 5.93. The van der Waals surface area contributed by atoms with Crippen LogP contribution >= 0.6 is 0 Å². The number of nitrogens with zero attached hydrogens (tertiary/aromatic N) is 1. The van der Waals surface area contributed by atoms with E-state index in [1.165, 1.54) is 22.3 Å². The van der Waals surface area contributed by atoms with Crippen LogP contribution < -0.4 is 4.74 Å². The third kappa shape index (κ3) is 9.18. The van der Waals surface area contributed by atoms with Gasteiger partial charge in [0.2, 0.25) is 0 Å². The van der Waals surface area contributed by atoms with E-state index in [2.05, 4.69) is 74.2 Å². The zero-order chi connectivity index (χ0) is 31.5. The van der Waals surface area contributed by atoms with Crippen molar-refractivity contribution in [1.82, 2.24) is 4.90 Å². The number of hydrogen-bond acceptors (Lipinski definition) is 6. The molecule has 3 aromatic carbocycles. The van der Waals surface area contributed by atoms with Crippen LogP contribution in [0.3, 0.4) is 0 Å². The number of para-hydroxylation sites is 1. The molecular formula is C38H49NO5. The fourth-order valence-corrected chi connectivity index (χ4v) is 5.93. The number of hydrogen-bond donors (Lipinski definition) is 0. The first kappa shape index (κ1) is 33.3. The predicted octanol–water partition coefficient (Wildman–Crippen LogP) is 8.01. The van der Waals surface area contributed by atoms with Gasteiger partial charge in [-0.3, -0.25) is 9.69 Å². The second kappa shape index (κ2) is 15.9. The number of aryl methyl sites for hydroxylation is 1. The lowest BCUT2D eigenvalue weighted by Gasteiger charge is -2.30. The molecule has 0 bridgehead atoms. The van der Waals surface area contributed by atoms with Crippen LogP contribution in [0.4, 0.5) is 0 Å². The molecule has 1 unspecified atom stereocenters. The largest absolute Gasteiger partial charge is 0.489 e. The maximum absolute atomic E-state index is 12.3. The maximum Gasteiger partial charge on any atom is 0.338 e. The SMILES string of the molecule is CCOC(=O)CCCCN(CCc1ccccc1OCc1ccc(C(C)(C)C)cc1)C1CCc2cc(C(=O)OCC)ccc21. The monoisotopic (exact) mass is 599 g/mol. The lowest BCUT2D eigenvalue weighted by Crippen LogP contribution is -2.31. The van der Waals surface area contributed by atoms with Crippen molar-refractivity contribution in [1.29, 1.82) is 0 Å². The highest BCUT2D eigenvalue weighted by atomic mass is 16.5. The predicted molar refractivity (Wildman–Crippen MR) is 175 cm³/mol. The molecule has 1 aliphatic carbocycles. The fraction of sp³-hybridized carbons (Fsp3) is 0.474. The molecule has 44 heavy (non-hydrogen) atoms. The van der Waals surface area contributed by atoms with Gasteiger partial charge in [-0.05, 0) is 104 Å². The summed E-state index contributed by atoms with van der Waals surface area (Å²) in [6, 6.07) is 23.3. The Hall–Kier alpha value is -3.64. The normalized spacial score (nSPS) is 14.4. The van der Waals surface area contributed by atoms with Gasteiger partial charge in [0.15, 0.2) is 0 Å². The van der Waals surface area contributed by atoms with Crippen LogP contribution in [0.2, 0.25) is 0 Å². The molecule has 0 fully saturated rings. The van der Waals surface area contributed by atoms with Crippen molar-refractivity contribution in [2.75, 3.05) is 26.3 Å². The molecule has 6 heteroatoms. The summed E-state index contributed by atoms with van der Waals surface area (Å²) in [6.45, 7) is 13.4. The van der Waals surface area contributed by atoms with E-state index in [0.29, 0.717) is 31.8 Å². The lowest BCUT2D eigenvalue weighted by atomic mass is 9.87. The zero-order valence-corrected chi connectivity index (χ0v) is 27.2. The first-order valence-electron chi connectivity index (χ1n) is 16.2. The smallest absolute Gasteiger partial charge is 0.338 e. The Morgan fingerprint density at radius 1 is 0.886 bits per heavy atom. The van der Waals surface area contributed by atoms with Gasteiger partial charge in [-0.25, -0.2) is 4.79 Å². The van der Waals surface area contributed by atoms with E-state index in [1.54, 1.807) is 0 Å². The summed E-state index contributed by atoms with van der Waals surface area (Å²) in [7, 11) is 0. The van der Waals surface area contributed by atoms with Crippen LogP contribution in [-0.2, 0) is 39.1 Å². The number of esters is 2. The number of unbranched alkanes of at least 4 members (excludes halogenated alkanes) is 1. The molecule has 0 saturated heterocycles. The average molecular weight is 600 g/mol. The van der Waals surface area contributed by atoms with Gasteiger partial charge in [-0.15, -0.1) is 0 Å². The zero-order valence-electron chi connectivity index (χ0n) is 27.2. The van der Waals surface area contributed by atoms with Crippen LogP contribution in [-0.4, -0.2) is 43.1 Å². The Labute approximate surface area is 263 Å². The van der Waals surface area contributed by atoms with E-state index in [9.17, 15) is 9.59 Å². The molecule has 0 spiro atoms. The minimum Gasteiger partial charge on any atom is -0.489 e. The summed E-state index contributed by atoms with van der Waals surface area (Å²) >= 11 is 0. The number of fused-ring (bicyclic) bond motifs is 1. The Morgan fingerprint density at radius 3 is 2.36 bits per heavy atom. The van der Waals surface area contributed by atoms with Gasteiger partial charge in [0.05, 0.1) is 18.8 Å². The number of carbonyl (C=O) groups is 2. The van der Waals surface area contributed by atoms with Crippen molar-refractivity contribution in [2.45, 2.75) is 91.2 Å². The maximum atomic E-state index is 12.3. The number of carbonyl (C=O) groups excluding carboxylic acids is 2. The van der Waals surface area contributed by atoms with Crippen LogP contribution in [0, 0.1) is 0 Å². The first-order valence-corrected chi connectivity index (χ1v) is 16.2. The van der Waals surface area contributed by atoms with E-state index < -0.39 is 0 Å². The number of benzene rings is 3.